The molecular formula is C12H17N. The molecule has 1 heterocycles. The molecule has 1 aliphatic heterocycles. The first-order valence-electron chi connectivity index (χ1n) is 4.91. The van der Waals surface area contributed by atoms with Crippen LogP contribution in [0.2, 0.25) is 0 Å². The van der Waals surface area contributed by atoms with Gasteiger partial charge in [-0.3, -0.25) is 0 Å². The first kappa shape index (κ1) is 8.61. The zero-order chi connectivity index (χ0) is 9.47. The molecule has 0 atom stereocenters. The molecule has 0 radical (unpaired) electrons. The lowest BCUT2D eigenvalue weighted by Crippen LogP contribution is -2.31. The maximum atomic E-state index is 3.49. The molecule has 1 nitrogen and oxygen atoms in total. The third-order valence-corrected chi connectivity index (χ3v) is 2.82. The first-order valence-corrected chi connectivity index (χ1v) is 4.91. The number of fused-ring (bicyclic) bond motifs is 1. The van der Waals surface area contributed by atoms with Gasteiger partial charge < -0.3 is 5.32 Å². The third kappa shape index (κ3) is 1.55. The molecule has 0 fully saturated rings. The van der Waals surface area contributed by atoms with E-state index >= 15 is 0 Å². The maximum Gasteiger partial charge on any atom is 0.0375 e. The van der Waals surface area contributed by atoms with Crippen molar-refractivity contribution in [1.29, 1.82) is 0 Å². The molecule has 0 unspecified atom stereocenters. The second kappa shape index (κ2) is 2.76. The Bertz CT molecular complexity index is 326. The average Bonchev–Trinajstić information content (AvgIpc) is 2.06. The summed E-state index contributed by atoms with van der Waals surface area (Å²) in [5, 5.41) is 3.49. The van der Waals surface area contributed by atoms with Gasteiger partial charge in [-0.05, 0) is 36.0 Å². The molecule has 1 aromatic rings. The van der Waals surface area contributed by atoms with Crippen LogP contribution in [0.15, 0.2) is 18.2 Å². The van der Waals surface area contributed by atoms with E-state index < -0.39 is 0 Å². The standard InChI is InChI=1S/C12H17N/c1-9-5-4-6-11-10(9)7-12(2,3)8-13-11/h4-6,13H,7-8H2,1-3H3. The monoisotopic (exact) mass is 175 g/mol. The van der Waals surface area contributed by atoms with Crippen LogP contribution in [0, 0.1) is 12.3 Å². The van der Waals surface area contributed by atoms with E-state index in [0.717, 1.165) is 6.54 Å². The van der Waals surface area contributed by atoms with E-state index in [1.165, 1.54) is 23.2 Å². The van der Waals surface area contributed by atoms with Crippen molar-refractivity contribution < 1.29 is 0 Å². The average molecular weight is 175 g/mol. The smallest absolute Gasteiger partial charge is 0.0375 e. The van der Waals surface area contributed by atoms with E-state index in [2.05, 4.69) is 44.3 Å². The molecular weight excluding hydrogens is 158 g/mol. The Kier molecular flexibility index (Phi) is 1.83. The van der Waals surface area contributed by atoms with Crippen LogP contribution >= 0.6 is 0 Å². The second-order valence-corrected chi connectivity index (χ2v) is 4.80. The van der Waals surface area contributed by atoms with Crippen molar-refractivity contribution >= 4 is 5.69 Å². The van der Waals surface area contributed by atoms with Crippen molar-refractivity contribution in [2.45, 2.75) is 27.2 Å². The highest BCUT2D eigenvalue weighted by atomic mass is 14.9. The van der Waals surface area contributed by atoms with Gasteiger partial charge >= 0.3 is 0 Å². The molecule has 0 aliphatic carbocycles. The van der Waals surface area contributed by atoms with Crippen molar-refractivity contribution in [1.82, 2.24) is 0 Å². The Morgan fingerprint density at radius 2 is 2.08 bits per heavy atom. The zero-order valence-electron chi connectivity index (χ0n) is 8.65. The van der Waals surface area contributed by atoms with Crippen LogP contribution in [0.4, 0.5) is 5.69 Å². The van der Waals surface area contributed by atoms with Crippen molar-refractivity contribution in [3.8, 4) is 0 Å². The van der Waals surface area contributed by atoms with E-state index in [1.807, 2.05) is 0 Å². The predicted molar refractivity (Wildman–Crippen MR) is 57.2 cm³/mol. The van der Waals surface area contributed by atoms with E-state index in [1.54, 1.807) is 0 Å². The van der Waals surface area contributed by atoms with Crippen molar-refractivity contribution in [3.05, 3.63) is 29.3 Å². The Balaban J connectivity index is 2.44. The number of nitrogens with one attached hydrogen (secondary N) is 1. The molecule has 0 bridgehead atoms. The van der Waals surface area contributed by atoms with Gasteiger partial charge in [0.25, 0.3) is 0 Å². The minimum atomic E-state index is 0.402. The minimum Gasteiger partial charge on any atom is -0.384 e. The number of aryl methyl sites for hydroxylation is 1. The lowest BCUT2D eigenvalue weighted by atomic mass is 9.81. The molecule has 1 aromatic carbocycles. The van der Waals surface area contributed by atoms with Gasteiger partial charge in [-0.1, -0.05) is 26.0 Å². The predicted octanol–water partition coefficient (Wildman–Crippen LogP) is 2.99. The van der Waals surface area contributed by atoms with E-state index in [9.17, 15) is 0 Å². The normalized spacial score (nSPS) is 19.0. The fourth-order valence-corrected chi connectivity index (χ4v) is 1.98. The topological polar surface area (TPSA) is 12.0 Å². The summed E-state index contributed by atoms with van der Waals surface area (Å²) in [7, 11) is 0. The summed E-state index contributed by atoms with van der Waals surface area (Å²) in [6.07, 6.45) is 1.20. The SMILES string of the molecule is Cc1cccc2c1CC(C)(C)CN2. The highest BCUT2D eigenvalue weighted by molar-refractivity contribution is 5.56. The molecule has 2 rings (SSSR count). The molecule has 0 aromatic heterocycles. The van der Waals surface area contributed by atoms with Crippen molar-refractivity contribution in [3.63, 3.8) is 0 Å². The summed E-state index contributed by atoms with van der Waals surface area (Å²) in [6, 6.07) is 6.50. The Labute approximate surface area is 80.2 Å². The van der Waals surface area contributed by atoms with Crippen molar-refractivity contribution in [2.24, 2.45) is 5.41 Å². The van der Waals surface area contributed by atoms with Crippen molar-refractivity contribution in [2.75, 3.05) is 11.9 Å². The van der Waals surface area contributed by atoms with Gasteiger partial charge in [0.2, 0.25) is 0 Å². The largest absolute Gasteiger partial charge is 0.384 e. The summed E-state index contributed by atoms with van der Waals surface area (Å²) < 4.78 is 0. The number of rotatable bonds is 0. The summed E-state index contributed by atoms with van der Waals surface area (Å²) in [5.41, 5.74) is 4.65. The van der Waals surface area contributed by atoms with Crippen LogP contribution in [0.5, 0.6) is 0 Å². The summed E-state index contributed by atoms with van der Waals surface area (Å²) in [5.74, 6) is 0. The lowest BCUT2D eigenvalue weighted by molar-refractivity contribution is 0.378. The van der Waals surface area contributed by atoms with Crippen LogP contribution in [0.3, 0.4) is 0 Å². The van der Waals surface area contributed by atoms with Gasteiger partial charge in [0, 0.05) is 12.2 Å². The zero-order valence-corrected chi connectivity index (χ0v) is 8.65. The Morgan fingerprint density at radius 3 is 2.85 bits per heavy atom. The number of benzene rings is 1. The fraction of sp³-hybridized carbons (Fsp3) is 0.500. The number of hydrogen-bond acceptors (Lipinski definition) is 1. The molecule has 1 heteroatoms. The first-order chi connectivity index (χ1) is 6.08. The summed E-state index contributed by atoms with van der Waals surface area (Å²) >= 11 is 0. The van der Waals surface area contributed by atoms with Crippen LogP contribution in [0.25, 0.3) is 0 Å². The molecule has 0 spiro atoms. The van der Waals surface area contributed by atoms with Gasteiger partial charge in [-0.2, -0.15) is 0 Å². The summed E-state index contributed by atoms with van der Waals surface area (Å²) in [4.78, 5) is 0. The fourth-order valence-electron chi connectivity index (χ4n) is 1.98. The van der Waals surface area contributed by atoms with Crippen LogP contribution in [-0.4, -0.2) is 6.54 Å². The third-order valence-electron chi connectivity index (χ3n) is 2.82. The second-order valence-electron chi connectivity index (χ2n) is 4.80. The molecule has 0 saturated heterocycles. The molecule has 1 aliphatic rings. The van der Waals surface area contributed by atoms with Gasteiger partial charge in [0.05, 0.1) is 0 Å². The van der Waals surface area contributed by atoms with Crippen LogP contribution in [0.1, 0.15) is 25.0 Å². The van der Waals surface area contributed by atoms with Gasteiger partial charge in [0.1, 0.15) is 0 Å². The van der Waals surface area contributed by atoms with E-state index in [-0.39, 0.29) is 0 Å². The number of hydrogen-bond donors (Lipinski definition) is 1. The highest BCUT2D eigenvalue weighted by Crippen LogP contribution is 2.33. The highest BCUT2D eigenvalue weighted by Gasteiger charge is 2.25. The molecule has 0 amide bonds. The minimum absolute atomic E-state index is 0.402. The van der Waals surface area contributed by atoms with Gasteiger partial charge in [-0.25, -0.2) is 0 Å². The van der Waals surface area contributed by atoms with E-state index in [4.69, 9.17) is 0 Å². The lowest BCUT2D eigenvalue weighted by Gasteiger charge is -2.33. The van der Waals surface area contributed by atoms with Gasteiger partial charge in [-0.15, -0.1) is 0 Å². The van der Waals surface area contributed by atoms with Crippen LogP contribution in [-0.2, 0) is 6.42 Å². The maximum absolute atomic E-state index is 3.49. The number of anilines is 1. The molecule has 70 valence electrons. The Morgan fingerprint density at radius 1 is 1.31 bits per heavy atom. The van der Waals surface area contributed by atoms with Gasteiger partial charge in [0.15, 0.2) is 0 Å². The quantitative estimate of drug-likeness (QED) is 0.639. The summed E-state index contributed by atoms with van der Waals surface area (Å²) in [6.45, 7) is 7.91. The molecule has 1 N–H and O–H groups in total. The molecule has 0 saturated carbocycles. The van der Waals surface area contributed by atoms with Crippen LogP contribution < -0.4 is 5.32 Å². The van der Waals surface area contributed by atoms with E-state index in [0.29, 0.717) is 5.41 Å². The molecule has 13 heavy (non-hydrogen) atoms. The Hall–Kier alpha value is -0.980.